The number of benzene rings is 2. The standard InChI is InChI=1S/C15H14N2O3S/c1-2-20-14-10-6-9-13(12-7-4-3-5-8-12)15(14)21(18,19)17-11-16/h3-10,17H,2H2,1H3. The molecule has 2 aromatic rings. The molecule has 2 rings (SSSR count). The highest BCUT2D eigenvalue weighted by atomic mass is 32.2. The van der Waals surface area contributed by atoms with Crippen molar-refractivity contribution in [3.05, 3.63) is 48.5 Å². The summed E-state index contributed by atoms with van der Waals surface area (Å²) < 4.78 is 31.9. The van der Waals surface area contributed by atoms with E-state index in [-0.39, 0.29) is 10.6 Å². The third kappa shape index (κ3) is 3.15. The Morgan fingerprint density at radius 1 is 1.14 bits per heavy atom. The fourth-order valence-electron chi connectivity index (χ4n) is 2.02. The minimum absolute atomic E-state index is 0.0281. The van der Waals surface area contributed by atoms with Crippen molar-refractivity contribution in [1.82, 2.24) is 4.72 Å². The molecule has 21 heavy (non-hydrogen) atoms. The van der Waals surface area contributed by atoms with Crippen molar-refractivity contribution in [2.45, 2.75) is 11.8 Å². The highest BCUT2D eigenvalue weighted by molar-refractivity contribution is 7.90. The van der Waals surface area contributed by atoms with Gasteiger partial charge in [0.1, 0.15) is 10.6 Å². The van der Waals surface area contributed by atoms with Crippen LogP contribution in [0.1, 0.15) is 6.92 Å². The van der Waals surface area contributed by atoms with E-state index >= 15 is 0 Å². The maximum Gasteiger partial charge on any atom is 0.274 e. The molecule has 0 saturated heterocycles. The molecule has 0 atom stereocenters. The van der Waals surface area contributed by atoms with Crippen LogP contribution in [0.15, 0.2) is 53.4 Å². The van der Waals surface area contributed by atoms with E-state index in [0.29, 0.717) is 12.2 Å². The summed E-state index contributed by atoms with van der Waals surface area (Å²) in [4.78, 5) is -0.0281. The Labute approximate surface area is 123 Å². The van der Waals surface area contributed by atoms with Gasteiger partial charge in [-0.25, -0.2) is 13.1 Å². The van der Waals surface area contributed by atoms with Crippen molar-refractivity contribution in [2.24, 2.45) is 0 Å². The maximum atomic E-state index is 12.3. The second-order valence-electron chi connectivity index (χ2n) is 4.15. The fourth-order valence-corrected chi connectivity index (χ4v) is 3.11. The van der Waals surface area contributed by atoms with Gasteiger partial charge in [0.25, 0.3) is 10.0 Å². The van der Waals surface area contributed by atoms with Crippen LogP contribution in [0, 0.1) is 11.5 Å². The van der Waals surface area contributed by atoms with Gasteiger partial charge in [-0.3, -0.25) is 0 Å². The molecule has 1 N–H and O–H groups in total. The summed E-state index contributed by atoms with van der Waals surface area (Å²) in [5.74, 6) is 0.224. The average Bonchev–Trinajstić information content (AvgIpc) is 2.48. The van der Waals surface area contributed by atoms with Gasteiger partial charge in [0, 0.05) is 5.56 Å². The predicted molar refractivity (Wildman–Crippen MR) is 79.0 cm³/mol. The monoisotopic (exact) mass is 302 g/mol. The predicted octanol–water partition coefficient (Wildman–Crippen LogP) is 2.51. The van der Waals surface area contributed by atoms with E-state index in [1.807, 2.05) is 22.9 Å². The van der Waals surface area contributed by atoms with Crippen LogP contribution in [-0.2, 0) is 10.0 Å². The van der Waals surface area contributed by atoms with Crippen LogP contribution in [0.3, 0.4) is 0 Å². The molecule has 108 valence electrons. The normalized spacial score (nSPS) is 10.7. The summed E-state index contributed by atoms with van der Waals surface area (Å²) in [5, 5.41) is 8.66. The molecule has 0 heterocycles. The van der Waals surface area contributed by atoms with Crippen molar-refractivity contribution in [1.29, 1.82) is 5.26 Å². The van der Waals surface area contributed by atoms with Crippen molar-refractivity contribution in [3.8, 4) is 23.1 Å². The second kappa shape index (κ2) is 6.29. The summed E-state index contributed by atoms with van der Waals surface area (Å²) >= 11 is 0. The molecule has 0 bridgehead atoms. The van der Waals surface area contributed by atoms with Gasteiger partial charge in [-0.05, 0) is 18.6 Å². The highest BCUT2D eigenvalue weighted by Crippen LogP contribution is 2.34. The number of sulfonamides is 1. The minimum Gasteiger partial charge on any atom is -0.492 e. The fraction of sp³-hybridized carbons (Fsp3) is 0.133. The smallest absolute Gasteiger partial charge is 0.274 e. The van der Waals surface area contributed by atoms with Crippen molar-refractivity contribution in [3.63, 3.8) is 0 Å². The van der Waals surface area contributed by atoms with Gasteiger partial charge in [0.2, 0.25) is 0 Å². The van der Waals surface area contributed by atoms with Gasteiger partial charge in [-0.2, -0.15) is 5.26 Å². The molecule has 0 spiro atoms. The van der Waals surface area contributed by atoms with E-state index in [0.717, 1.165) is 5.56 Å². The molecule has 0 aliphatic heterocycles. The van der Waals surface area contributed by atoms with Crippen LogP contribution in [0.4, 0.5) is 0 Å². The molecular formula is C15H14N2O3S. The third-order valence-electron chi connectivity index (χ3n) is 2.81. The molecule has 0 aliphatic rings. The first kappa shape index (κ1) is 14.9. The average molecular weight is 302 g/mol. The molecule has 0 radical (unpaired) electrons. The SMILES string of the molecule is CCOc1cccc(-c2ccccc2)c1S(=O)(=O)NC#N. The van der Waals surface area contributed by atoms with Crippen molar-refractivity contribution in [2.75, 3.05) is 6.61 Å². The second-order valence-corrected chi connectivity index (χ2v) is 5.77. The van der Waals surface area contributed by atoms with E-state index in [2.05, 4.69) is 0 Å². The topological polar surface area (TPSA) is 79.2 Å². The van der Waals surface area contributed by atoms with E-state index in [1.165, 1.54) is 6.19 Å². The lowest BCUT2D eigenvalue weighted by Gasteiger charge is -2.14. The van der Waals surface area contributed by atoms with E-state index < -0.39 is 10.0 Å². The van der Waals surface area contributed by atoms with Crippen LogP contribution in [0.2, 0.25) is 0 Å². The summed E-state index contributed by atoms with van der Waals surface area (Å²) in [6, 6.07) is 14.1. The lowest BCUT2D eigenvalue weighted by molar-refractivity contribution is 0.331. The number of hydrogen-bond donors (Lipinski definition) is 1. The highest BCUT2D eigenvalue weighted by Gasteiger charge is 2.24. The zero-order chi connectivity index (χ0) is 15.3. The lowest BCUT2D eigenvalue weighted by atomic mass is 10.1. The van der Waals surface area contributed by atoms with Gasteiger partial charge in [-0.1, -0.05) is 42.5 Å². The molecule has 2 aromatic carbocycles. The molecule has 0 amide bonds. The number of nitriles is 1. The molecule has 0 saturated carbocycles. The number of nitrogens with one attached hydrogen (secondary N) is 1. The van der Waals surface area contributed by atoms with Crippen LogP contribution >= 0.6 is 0 Å². The van der Waals surface area contributed by atoms with Gasteiger partial charge < -0.3 is 4.74 Å². The van der Waals surface area contributed by atoms with Crippen molar-refractivity contribution >= 4 is 10.0 Å². The number of nitrogens with zero attached hydrogens (tertiary/aromatic N) is 1. The van der Waals surface area contributed by atoms with Gasteiger partial charge >= 0.3 is 0 Å². The Hall–Kier alpha value is -2.52. The Balaban J connectivity index is 2.72. The first-order valence-electron chi connectivity index (χ1n) is 6.32. The molecule has 0 unspecified atom stereocenters. The van der Waals surface area contributed by atoms with E-state index in [1.54, 1.807) is 37.3 Å². The summed E-state index contributed by atoms with van der Waals surface area (Å²) in [6.07, 6.45) is 1.46. The minimum atomic E-state index is -3.98. The molecule has 6 heteroatoms. The van der Waals surface area contributed by atoms with Crippen LogP contribution in [-0.4, -0.2) is 15.0 Å². The van der Waals surface area contributed by atoms with E-state index in [4.69, 9.17) is 10.00 Å². The quantitative estimate of drug-likeness (QED) is 0.680. The largest absolute Gasteiger partial charge is 0.492 e. The Morgan fingerprint density at radius 2 is 1.86 bits per heavy atom. The molecule has 5 nitrogen and oxygen atoms in total. The first-order chi connectivity index (χ1) is 10.1. The van der Waals surface area contributed by atoms with Gasteiger partial charge in [-0.15, -0.1) is 0 Å². The van der Waals surface area contributed by atoms with Gasteiger partial charge in [0.15, 0.2) is 6.19 Å². The Kier molecular flexibility index (Phi) is 4.45. The first-order valence-corrected chi connectivity index (χ1v) is 7.80. The third-order valence-corrected chi connectivity index (χ3v) is 4.13. The number of hydrogen-bond acceptors (Lipinski definition) is 4. The summed E-state index contributed by atoms with van der Waals surface area (Å²) in [6.45, 7) is 2.09. The van der Waals surface area contributed by atoms with Crippen LogP contribution < -0.4 is 9.46 Å². The molecular weight excluding hydrogens is 288 g/mol. The van der Waals surface area contributed by atoms with Gasteiger partial charge in [0.05, 0.1) is 6.61 Å². The number of rotatable bonds is 5. The lowest BCUT2D eigenvalue weighted by Crippen LogP contribution is -2.20. The molecule has 0 aliphatic carbocycles. The van der Waals surface area contributed by atoms with Crippen LogP contribution in [0.5, 0.6) is 5.75 Å². The Morgan fingerprint density at radius 3 is 2.48 bits per heavy atom. The molecule has 0 fully saturated rings. The summed E-state index contributed by atoms with van der Waals surface area (Å²) in [7, 11) is -3.98. The van der Waals surface area contributed by atoms with E-state index in [9.17, 15) is 8.42 Å². The zero-order valence-electron chi connectivity index (χ0n) is 11.4. The van der Waals surface area contributed by atoms with Crippen LogP contribution in [0.25, 0.3) is 11.1 Å². The molecule has 0 aromatic heterocycles. The van der Waals surface area contributed by atoms with Crippen molar-refractivity contribution < 1.29 is 13.2 Å². The summed E-state index contributed by atoms with van der Waals surface area (Å²) in [5.41, 5.74) is 1.22. The Bertz CT molecular complexity index is 765. The zero-order valence-corrected chi connectivity index (χ0v) is 12.2. The number of ether oxygens (including phenoxy) is 1. The maximum absolute atomic E-state index is 12.3.